The second-order valence-electron chi connectivity index (χ2n) is 7.34. The quantitative estimate of drug-likeness (QED) is 0.770. The van der Waals surface area contributed by atoms with E-state index in [4.69, 9.17) is 21.1 Å². The Bertz CT molecular complexity index is 962. The van der Waals surface area contributed by atoms with Crippen molar-refractivity contribution in [2.75, 3.05) is 32.2 Å². The van der Waals surface area contributed by atoms with Crippen LogP contribution >= 0.6 is 11.6 Å². The third-order valence-electron chi connectivity index (χ3n) is 5.66. The lowest BCUT2D eigenvalue weighted by Gasteiger charge is -2.30. The maximum Gasteiger partial charge on any atom is 0.228 e. The summed E-state index contributed by atoms with van der Waals surface area (Å²) in [5, 5.41) is 0.388. The van der Waals surface area contributed by atoms with Crippen LogP contribution in [0.2, 0.25) is 5.02 Å². The van der Waals surface area contributed by atoms with Gasteiger partial charge in [0.2, 0.25) is 11.8 Å². The summed E-state index contributed by atoms with van der Waals surface area (Å²) in [6.07, 6.45) is 1.03. The zero-order chi connectivity index (χ0) is 20.5. The molecular formula is C22H23ClN2O4. The van der Waals surface area contributed by atoms with Crippen LogP contribution in [0.15, 0.2) is 36.4 Å². The molecule has 7 heteroatoms. The van der Waals surface area contributed by atoms with E-state index in [2.05, 4.69) is 12.1 Å². The molecule has 2 aliphatic rings. The minimum atomic E-state index is -0.377. The number of anilines is 1. The second-order valence-corrected chi connectivity index (χ2v) is 7.75. The Morgan fingerprint density at radius 3 is 2.55 bits per heavy atom. The first kappa shape index (κ1) is 19.6. The maximum absolute atomic E-state index is 13.1. The lowest BCUT2D eigenvalue weighted by atomic mass is 9.98. The molecule has 4 rings (SSSR count). The van der Waals surface area contributed by atoms with E-state index >= 15 is 0 Å². The highest BCUT2D eigenvalue weighted by Gasteiger charge is 2.39. The molecule has 0 saturated carbocycles. The Morgan fingerprint density at radius 2 is 1.83 bits per heavy atom. The molecule has 2 aliphatic heterocycles. The van der Waals surface area contributed by atoms with Gasteiger partial charge in [-0.2, -0.15) is 0 Å². The molecule has 2 amide bonds. The highest BCUT2D eigenvalue weighted by molar-refractivity contribution is 6.32. The summed E-state index contributed by atoms with van der Waals surface area (Å²) in [6.45, 7) is 1.59. The van der Waals surface area contributed by atoms with Crippen LogP contribution in [-0.4, -0.2) is 44.0 Å². The number of nitrogens with zero attached hydrogens (tertiary/aromatic N) is 2. The minimum absolute atomic E-state index is 0.0222. The van der Waals surface area contributed by atoms with Crippen LogP contribution in [0.25, 0.3) is 0 Å². The number of hydrogen-bond donors (Lipinski definition) is 0. The highest BCUT2D eigenvalue weighted by atomic mass is 35.5. The largest absolute Gasteiger partial charge is 0.495 e. The van der Waals surface area contributed by atoms with E-state index in [-0.39, 0.29) is 24.2 Å². The zero-order valence-corrected chi connectivity index (χ0v) is 17.2. The average molecular weight is 415 g/mol. The first-order valence-corrected chi connectivity index (χ1v) is 9.97. The second kappa shape index (κ2) is 7.95. The van der Waals surface area contributed by atoms with Crippen molar-refractivity contribution in [3.05, 3.63) is 52.5 Å². The SMILES string of the molecule is COc1cc(OC)c(N2C[C@H](C(=O)N3CCc4ccccc4C3)CC2=O)cc1Cl. The van der Waals surface area contributed by atoms with Gasteiger partial charge in [-0.25, -0.2) is 0 Å². The van der Waals surface area contributed by atoms with Gasteiger partial charge in [0.15, 0.2) is 0 Å². The van der Waals surface area contributed by atoms with E-state index in [9.17, 15) is 9.59 Å². The van der Waals surface area contributed by atoms with Crippen LogP contribution < -0.4 is 14.4 Å². The molecule has 0 aliphatic carbocycles. The van der Waals surface area contributed by atoms with E-state index in [0.717, 1.165) is 6.42 Å². The van der Waals surface area contributed by atoms with Crippen molar-refractivity contribution in [1.82, 2.24) is 4.90 Å². The van der Waals surface area contributed by atoms with Crippen LogP contribution in [0.5, 0.6) is 11.5 Å². The summed E-state index contributed by atoms with van der Waals surface area (Å²) in [7, 11) is 3.05. The van der Waals surface area contributed by atoms with Gasteiger partial charge >= 0.3 is 0 Å². The van der Waals surface area contributed by atoms with Crippen LogP contribution in [0.1, 0.15) is 17.5 Å². The van der Waals surface area contributed by atoms with Gasteiger partial charge in [0, 0.05) is 32.1 Å². The summed E-state index contributed by atoms with van der Waals surface area (Å²) in [4.78, 5) is 29.3. The normalized spacial score (nSPS) is 18.6. The molecule has 1 fully saturated rings. The van der Waals surface area contributed by atoms with Gasteiger partial charge in [-0.3, -0.25) is 9.59 Å². The van der Waals surface area contributed by atoms with E-state index in [1.165, 1.54) is 25.3 Å². The summed E-state index contributed by atoms with van der Waals surface area (Å²) in [5.41, 5.74) is 3.03. The monoisotopic (exact) mass is 414 g/mol. The molecule has 2 aromatic carbocycles. The van der Waals surface area contributed by atoms with Gasteiger partial charge in [-0.1, -0.05) is 35.9 Å². The molecule has 0 radical (unpaired) electrons. The average Bonchev–Trinajstić information content (AvgIpc) is 3.14. The number of amides is 2. The number of benzene rings is 2. The summed E-state index contributed by atoms with van der Waals surface area (Å²) >= 11 is 6.26. The Hall–Kier alpha value is -2.73. The Balaban J connectivity index is 1.53. The van der Waals surface area contributed by atoms with Gasteiger partial charge in [-0.15, -0.1) is 0 Å². The number of hydrogen-bond acceptors (Lipinski definition) is 4. The molecule has 0 N–H and O–H groups in total. The van der Waals surface area contributed by atoms with E-state index in [1.807, 2.05) is 17.0 Å². The van der Waals surface area contributed by atoms with Crippen molar-refractivity contribution in [1.29, 1.82) is 0 Å². The molecule has 0 aromatic heterocycles. The summed E-state index contributed by atoms with van der Waals surface area (Å²) < 4.78 is 10.6. The van der Waals surface area contributed by atoms with Crippen molar-refractivity contribution in [2.24, 2.45) is 5.92 Å². The van der Waals surface area contributed by atoms with Crippen molar-refractivity contribution < 1.29 is 19.1 Å². The Kier molecular flexibility index (Phi) is 5.37. The minimum Gasteiger partial charge on any atom is -0.495 e. The van der Waals surface area contributed by atoms with Crippen LogP contribution in [0.3, 0.4) is 0 Å². The fraction of sp³-hybridized carbons (Fsp3) is 0.364. The van der Waals surface area contributed by atoms with Gasteiger partial charge in [0.25, 0.3) is 0 Å². The third-order valence-corrected chi connectivity index (χ3v) is 5.96. The molecule has 2 aromatic rings. The number of fused-ring (bicyclic) bond motifs is 1. The Morgan fingerprint density at radius 1 is 1.10 bits per heavy atom. The summed E-state index contributed by atoms with van der Waals surface area (Å²) in [6, 6.07) is 11.5. The van der Waals surface area contributed by atoms with Gasteiger partial charge in [0.05, 0.1) is 30.8 Å². The summed E-state index contributed by atoms with van der Waals surface area (Å²) in [5.74, 6) is 0.491. The van der Waals surface area contributed by atoms with Crippen LogP contribution in [0, 0.1) is 5.92 Å². The van der Waals surface area contributed by atoms with E-state index in [1.54, 1.807) is 17.0 Å². The van der Waals surface area contributed by atoms with E-state index < -0.39 is 0 Å². The number of rotatable bonds is 4. The maximum atomic E-state index is 13.1. The highest BCUT2D eigenvalue weighted by Crippen LogP contribution is 2.40. The lowest BCUT2D eigenvalue weighted by Crippen LogP contribution is -2.40. The number of ether oxygens (including phenoxy) is 2. The molecule has 1 atom stereocenters. The molecule has 2 heterocycles. The van der Waals surface area contributed by atoms with Gasteiger partial charge in [0.1, 0.15) is 11.5 Å². The fourth-order valence-corrected chi connectivity index (χ4v) is 4.34. The number of carbonyl (C=O) groups is 2. The molecular weight excluding hydrogens is 392 g/mol. The van der Waals surface area contributed by atoms with Gasteiger partial charge in [-0.05, 0) is 23.6 Å². The number of halogens is 1. The molecule has 1 saturated heterocycles. The number of carbonyl (C=O) groups excluding carboxylic acids is 2. The third kappa shape index (κ3) is 3.65. The van der Waals surface area contributed by atoms with Crippen LogP contribution in [-0.2, 0) is 22.6 Å². The predicted octanol–water partition coefficient (Wildman–Crippen LogP) is 3.30. The zero-order valence-electron chi connectivity index (χ0n) is 16.5. The molecule has 6 nitrogen and oxygen atoms in total. The van der Waals surface area contributed by atoms with Crippen molar-refractivity contribution in [3.8, 4) is 11.5 Å². The first-order chi connectivity index (χ1) is 14.0. The molecule has 152 valence electrons. The van der Waals surface area contributed by atoms with Crippen molar-refractivity contribution >= 4 is 29.1 Å². The van der Waals surface area contributed by atoms with E-state index in [0.29, 0.717) is 41.8 Å². The fourth-order valence-electron chi connectivity index (χ4n) is 4.10. The molecule has 0 spiro atoms. The van der Waals surface area contributed by atoms with Crippen molar-refractivity contribution in [2.45, 2.75) is 19.4 Å². The van der Waals surface area contributed by atoms with Crippen molar-refractivity contribution in [3.63, 3.8) is 0 Å². The smallest absolute Gasteiger partial charge is 0.228 e. The van der Waals surface area contributed by atoms with Gasteiger partial charge < -0.3 is 19.3 Å². The standard InChI is InChI=1S/C22H23ClN2O4/c1-28-19-11-20(29-2)18(10-17(19)23)25-13-16(9-21(25)26)22(27)24-8-7-14-5-3-4-6-15(14)12-24/h3-6,10-11,16H,7-9,12-13H2,1-2H3/t16-/m1/s1. The molecule has 0 unspecified atom stereocenters. The predicted molar refractivity (Wildman–Crippen MR) is 111 cm³/mol. The number of methoxy groups -OCH3 is 2. The van der Waals surface area contributed by atoms with Crippen LogP contribution in [0.4, 0.5) is 5.69 Å². The molecule has 29 heavy (non-hydrogen) atoms. The Labute approximate surface area is 174 Å². The molecule has 0 bridgehead atoms. The topological polar surface area (TPSA) is 59.1 Å². The lowest BCUT2D eigenvalue weighted by molar-refractivity contribution is -0.136. The first-order valence-electron chi connectivity index (χ1n) is 9.59.